The first kappa shape index (κ1) is 17.9. The number of nitrogens with zero attached hydrogens (tertiary/aromatic N) is 3. The number of aromatic nitrogens is 2. The number of rotatable bonds is 4. The molecule has 1 aliphatic heterocycles. The van der Waals surface area contributed by atoms with Gasteiger partial charge in [-0.25, -0.2) is 0 Å². The molecule has 1 aliphatic carbocycles. The molecular formula is C19H33N3O2. The maximum atomic E-state index is 10.3. The summed E-state index contributed by atoms with van der Waals surface area (Å²) in [5.41, 5.74) is 2.60. The summed E-state index contributed by atoms with van der Waals surface area (Å²) in [6.07, 6.45) is 5.10. The van der Waals surface area contributed by atoms with E-state index in [0.717, 1.165) is 45.5 Å². The average molecular weight is 335 g/mol. The molecule has 2 fully saturated rings. The number of piperidine rings is 1. The van der Waals surface area contributed by atoms with E-state index in [9.17, 15) is 5.11 Å². The van der Waals surface area contributed by atoms with Gasteiger partial charge in [-0.3, -0.25) is 9.58 Å². The third-order valence-electron chi connectivity index (χ3n) is 5.91. The first-order valence-electron chi connectivity index (χ1n) is 9.31. The molecule has 0 radical (unpaired) electrons. The number of aryl methyl sites for hydroxylation is 1. The van der Waals surface area contributed by atoms with Gasteiger partial charge in [0.15, 0.2) is 0 Å². The van der Waals surface area contributed by atoms with Gasteiger partial charge in [-0.2, -0.15) is 5.10 Å². The molecule has 1 N–H and O–H groups in total. The zero-order valence-electron chi connectivity index (χ0n) is 15.9. The lowest BCUT2D eigenvalue weighted by Crippen LogP contribution is -2.62. The number of hydrogen-bond donors (Lipinski definition) is 1. The zero-order chi connectivity index (χ0) is 17.5. The van der Waals surface area contributed by atoms with Crippen molar-refractivity contribution in [2.24, 2.45) is 12.5 Å². The van der Waals surface area contributed by atoms with Crippen LogP contribution >= 0.6 is 0 Å². The second kappa shape index (κ2) is 6.43. The van der Waals surface area contributed by atoms with E-state index in [0.29, 0.717) is 0 Å². The molecule has 2 aliphatic rings. The Morgan fingerprint density at radius 2 is 2.00 bits per heavy atom. The largest absolute Gasteiger partial charge is 0.392 e. The standard InChI is InChI=1S/C19H33N3O2/c1-6-24-16-11-15(23)19(16)7-9-22(10-8-19)13-14-12-21(5)20-17(14)18(2,3)4/h12,15-16,23H,6-11,13H2,1-5H3. The van der Waals surface area contributed by atoms with Crippen LogP contribution in [0.1, 0.15) is 58.2 Å². The minimum absolute atomic E-state index is 0.00824. The zero-order valence-corrected chi connectivity index (χ0v) is 15.9. The molecule has 0 amide bonds. The van der Waals surface area contributed by atoms with Gasteiger partial charge < -0.3 is 9.84 Å². The van der Waals surface area contributed by atoms with E-state index < -0.39 is 0 Å². The lowest BCUT2D eigenvalue weighted by Gasteiger charge is -2.56. The monoisotopic (exact) mass is 335 g/mol. The number of hydrogen-bond acceptors (Lipinski definition) is 4. The fraction of sp³-hybridized carbons (Fsp3) is 0.842. The lowest BCUT2D eigenvalue weighted by atomic mass is 9.58. The predicted octanol–water partition coefficient (Wildman–Crippen LogP) is 2.47. The van der Waals surface area contributed by atoms with Crippen LogP contribution in [0.15, 0.2) is 6.20 Å². The Hall–Kier alpha value is -0.910. The second-order valence-electron chi connectivity index (χ2n) is 8.63. The van der Waals surface area contributed by atoms with Crippen molar-refractivity contribution in [2.45, 2.75) is 71.1 Å². The van der Waals surface area contributed by atoms with Gasteiger partial charge in [-0.05, 0) is 32.9 Å². The number of aliphatic hydroxyl groups excluding tert-OH is 1. The Kier molecular flexibility index (Phi) is 4.80. The van der Waals surface area contributed by atoms with Gasteiger partial charge in [-0.1, -0.05) is 20.8 Å². The number of ether oxygens (including phenoxy) is 1. The molecule has 2 atom stereocenters. The SMILES string of the molecule is CCOC1CC(O)C12CCN(Cc1cn(C)nc1C(C)(C)C)CC2. The van der Waals surface area contributed by atoms with E-state index in [1.54, 1.807) is 0 Å². The summed E-state index contributed by atoms with van der Waals surface area (Å²) in [5, 5.41) is 15.0. The van der Waals surface area contributed by atoms with Crippen LogP contribution in [0.2, 0.25) is 0 Å². The Labute approximate surface area is 146 Å². The minimum atomic E-state index is -0.181. The van der Waals surface area contributed by atoms with Gasteiger partial charge >= 0.3 is 0 Å². The Balaban J connectivity index is 1.64. The Morgan fingerprint density at radius 3 is 2.54 bits per heavy atom. The fourth-order valence-electron chi connectivity index (χ4n) is 4.47. The van der Waals surface area contributed by atoms with Crippen LogP contribution in [0.5, 0.6) is 0 Å². The van der Waals surface area contributed by atoms with Crippen LogP contribution in [0.4, 0.5) is 0 Å². The van der Waals surface area contributed by atoms with Crippen LogP contribution in [0, 0.1) is 5.41 Å². The summed E-state index contributed by atoms with van der Waals surface area (Å²) in [5.74, 6) is 0. The van der Waals surface area contributed by atoms with Crippen LogP contribution in [0.3, 0.4) is 0 Å². The topological polar surface area (TPSA) is 50.5 Å². The van der Waals surface area contributed by atoms with Crippen molar-refractivity contribution in [3.05, 3.63) is 17.5 Å². The van der Waals surface area contributed by atoms with E-state index in [1.165, 1.54) is 11.3 Å². The van der Waals surface area contributed by atoms with Gasteiger partial charge in [-0.15, -0.1) is 0 Å². The maximum Gasteiger partial charge on any atom is 0.0722 e. The quantitative estimate of drug-likeness (QED) is 0.918. The molecule has 0 bridgehead atoms. The maximum absolute atomic E-state index is 10.3. The lowest BCUT2D eigenvalue weighted by molar-refractivity contribution is -0.209. The first-order valence-corrected chi connectivity index (χ1v) is 9.31. The number of aliphatic hydroxyl groups is 1. The molecule has 1 aromatic rings. The van der Waals surface area contributed by atoms with E-state index >= 15 is 0 Å². The Morgan fingerprint density at radius 1 is 1.33 bits per heavy atom. The molecule has 3 rings (SSSR count). The molecule has 2 heterocycles. The van der Waals surface area contributed by atoms with Crippen LogP contribution in [-0.4, -0.2) is 51.7 Å². The van der Waals surface area contributed by atoms with Crippen LogP contribution < -0.4 is 0 Å². The molecule has 136 valence electrons. The predicted molar refractivity (Wildman–Crippen MR) is 94.9 cm³/mol. The molecule has 0 aromatic carbocycles. The highest BCUT2D eigenvalue weighted by Crippen LogP contribution is 2.51. The summed E-state index contributed by atoms with van der Waals surface area (Å²) < 4.78 is 7.80. The smallest absolute Gasteiger partial charge is 0.0722 e. The Bertz CT molecular complexity index is 566. The van der Waals surface area contributed by atoms with Crippen molar-refractivity contribution in [1.29, 1.82) is 0 Å². The van der Waals surface area contributed by atoms with Gasteiger partial charge in [0.05, 0.1) is 17.9 Å². The summed E-state index contributed by atoms with van der Waals surface area (Å²) in [6.45, 7) is 12.5. The molecule has 5 heteroatoms. The molecule has 1 saturated heterocycles. The molecule has 5 nitrogen and oxygen atoms in total. The average Bonchev–Trinajstić information content (AvgIpc) is 2.89. The van der Waals surface area contributed by atoms with Crippen LogP contribution in [0.25, 0.3) is 0 Å². The van der Waals surface area contributed by atoms with Crippen molar-refractivity contribution in [2.75, 3.05) is 19.7 Å². The molecule has 2 unspecified atom stereocenters. The fourth-order valence-corrected chi connectivity index (χ4v) is 4.47. The van der Waals surface area contributed by atoms with E-state index in [-0.39, 0.29) is 23.0 Å². The van der Waals surface area contributed by atoms with E-state index in [2.05, 4.69) is 37.0 Å². The third-order valence-corrected chi connectivity index (χ3v) is 5.91. The van der Waals surface area contributed by atoms with Crippen molar-refractivity contribution in [1.82, 2.24) is 14.7 Å². The van der Waals surface area contributed by atoms with Gasteiger partial charge in [0.2, 0.25) is 0 Å². The van der Waals surface area contributed by atoms with Crippen molar-refractivity contribution in [3.8, 4) is 0 Å². The van der Waals surface area contributed by atoms with Gasteiger partial charge in [0.25, 0.3) is 0 Å². The summed E-state index contributed by atoms with van der Waals surface area (Å²) in [4.78, 5) is 2.51. The van der Waals surface area contributed by atoms with Crippen LogP contribution in [-0.2, 0) is 23.7 Å². The molecular weight excluding hydrogens is 302 g/mol. The van der Waals surface area contributed by atoms with Crippen molar-refractivity contribution >= 4 is 0 Å². The van der Waals surface area contributed by atoms with Gasteiger partial charge in [0, 0.05) is 49.2 Å². The summed E-state index contributed by atoms with van der Waals surface area (Å²) in [7, 11) is 2.00. The summed E-state index contributed by atoms with van der Waals surface area (Å²) >= 11 is 0. The van der Waals surface area contributed by atoms with E-state index in [1.807, 2.05) is 18.7 Å². The van der Waals surface area contributed by atoms with Crippen molar-refractivity contribution < 1.29 is 9.84 Å². The number of likely N-dealkylation sites (tertiary alicyclic amines) is 1. The van der Waals surface area contributed by atoms with Crippen molar-refractivity contribution in [3.63, 3.8) is 0 Å². The highest BCUT2D eigenvalue weighted by atomic mass is 16.5. The first-order chi connectivity index (χ1) is 11.3. The second-order valence-corrected chi connectivity index (χ2v) is 8.63. The third kappa shape index (κ3) is 3.14. The highest BCUT2D eigenvalue weighted by Gasteiger charge is 2.55. The normalized spacial score (nSPS) is 27.4. The molecule has 1 spiro atoms. The van der Waals surface area contributed by atoms with E-state index in [4.69, 9.17) is 4.74 Å². The van der Waals surface area contributed by atoms with Gasteiger partial charge in [0.1, 0.15) is 0 Å². The highest BCUT2D eigenvalue weighted by molar-refractivity contribution is 5.24. The summed E-state index contributed by atoms with van der Waals surface area (Å²) in [6, 6.07) is 0. The molecule has 1 aromatic heterocycles. The molecule has 24 heavy (non-hydrogen) atoms. The minimum Gasteiger partial charge on any atom is -0.392 e. The molecule has 1 saturated carbocycles.